The van der Waals surface area contributed by atoms with Crippen molar-refractivity contribution in [1.29, 1.82) is 0 Å². The lowest BCUT2D eigenvalue weighted by Crippen LogP contribution is -2.34. The number of nitrogens with zero attached hydrogens (tertiary/aromatic N) is 1. The molecular weight excluding hydrogens is 266 g/mol. The first kappa shape index (κ1) is 15.9. The van der Waals surface area contributed by atoms with E-state index in [4.69, 9.17) is 4.74 Å². The second-order valence-corrected chi connectivity index (χ2v) is 4.13. The molecule has 20 heavy (non-hydrogen) atoms. The van der Waals surface area contributed by atoms with Crippen molar-refractivity contribution < 1.29 is 24.5 Å². The number of amides is 2. The van der Waals surface area contributed by atoms with Crippen molar-refractivity contribution in [2.45, 2.75) is 33.2 Å². The van der Waals surface area contributed by atoms with Crippen LogP contribution in [0.5, 0.6) is 5.75 Å². The minimum absolute atomic E-state index is 0.0411. The van der Waals surface area contributed by atoms with Crippen LogP contribution in [0.1, 0.15) is 27.2 Å². The molecule has 0 bridgehead atoms. The van der Waals surface area contributed by atoms with Crippen LogP contribution in [0, 0.1) is 0 Å². The molecule has 0 aliphatic heterocycles. The molecule has 1 aromatic rings. The van der Waals surface area contributed by atoms with Gasteiger partial charge >= 0.3 is 5.97 Å². The minimum atomic E-state index is -2.34. The van der Waals surface area contributed by atoms with Crippen molar-refractivity contribution in [1.82, 2.24) is 4.98 Å². The molecule has 2 amide bonds. The van der Waals surface area contributed by atoms with Crippen LogP contribution in [0.15, 0.2) is 12.1 Å². The van der Waals surface area contributed by atoms with Gasteiger partial charge < -0.3 is 25.6 Å². The van der Waals surface area contributed by atoms with Crippen molar-refractivity contribution in [3.8, 4) is 5.75 Å². The first-order chi connectivity index (χ1) is 9.21. The van der Waals surface area contributed by atoms with E-state index in [2.05, 4.69) is 15.6 Å². The van der Waals surface area contributed by atoms with E-state index in [1.165, 1.54) is 32.9 Å². The number of nitrogens with one attached hydrogen (secondary N) is 2. The average Bonchev–Trinajstić information content (AvgIpc) is 2.25. The Bertz CT molecular complexity index is 482. The Morgan fingerprint density at radius 3 is 2.00 bits per heavy atom. The lowest BCUT2D eigenvalue weighted by Gasteiger charge is -2.21. The highest BCUT2D eigenvalue weighted by Gasteiger charge is 2.23. The number of aliphatic hydroxyl groups is 2. The molecule has 0 fully saturated rings. The summed E-state index contributed by atoms with van der Waals surface area (Å²) in [6, 6.07) is 2.62. The van der Waals surface area contributed by atoms with Gasteiger partial charge in [0.05, 0.1) is 0 Å². The Labute approximate surface area is 115 Å². The van der Waals surface area contributed by atoms with Gasteiger partial charge in [0.1, 0.15) is 17.4 Å². The normalized spacial score (nSPS) is 10.8. The summed E-state index contributed by atoms with van der Waals surface area (Å²) < 4.78 is 4.96. The zero-order valence-electron chi connectivity index (χ0n) is 11.4. The maximum atomic E-state index is 11.0. The maximum Gasteiger partial charge on any atom is 0.321 e. The first-order valence-electron chi connectivity index (χ1n) is 5.93. The second kappa shape index (κ2) is 6.31. The quantitative estimate of drug-likeness (QED) is 0.581. The number of hydrogen-bond donors (Lipinski definition) is 4. The van der Waals surface area contributed by atoms with Gasteiger partial charge in [-0.2, -0.15) is 0 Å². The molecule has 0 unspecified atom stereocenters. The number of aromatic nitrogens is 1. The van der Waals surface area contributed by atoms with Crippen LogP contribution in [-0.4, -0.2) is 33.0 Å². The summed E-state index contributed by atoms with van der Waals surface area (Å²) in [5, 5.41) is 23.8. The highest BCUT2D eigenvalue weighted by atomic mass is 16.8. The van der Waals surface area contributed by atoms with Gasteiger partial charge in [0.15, 0.2) is 0 Å². The Balaban J connectivity index is 3.08. The number of ether oxygens (including phenoxy) is 1. The van der Waals surface area contributed by atoms with Crippen LogP contribution in [0.4, 0.5) is 11.6 Å². The molecule has 0 aliphatic carbocycles. The van der Waals surface area contributed by atoms with Crippen LogP contribution >= 0.6 is 0 Å². The number of anilines is 2. The van der Waals surface area contributed by atoms with Gasteiger partial charge in [-0.3, -0.25) is 9.59 Å². The summed E-state index contributed by atoms with van der Waals surface area (Å²) in [4.78, 5) is 26.0. The largest absolute Gasteiger partial charge is 0.439 e. The number of pyridine rings is 1. The lowest BCUT2D eigenvalue weighted by molar-refractivity contribution is -0.292. The predicted octanol–water partition coefficient (Wildman–Crippen LogP) is 0.426. The van der Waals surface area contributed by atoms with Gasteiger partial charge in [-0.05, 0) is 0 Å². The molecule has 0 spiro atoms. The van der Waals surface area contributed by atoms with Crippen LogP contribution in [0.2, 0.25) is 0 Å². The zero-order valence-corrected chi connectivity index (χ0v) is 11.4. The zero-order chi connectivity index (χ0) is 15.3. The third kappa shape index (κ3) is 5.21. The fourth-order valence-corrected chi connectivity index (χ4v) is 1.31. The summed E-state index contributed by atoms with van der Waals surface area (Å²) in [5.74, 6) is -2.80. The van der Waals surface area contributed by atoms with Crippen molar-refractivity contribution in [2.75, 3.05) is 10.6 Å². The molecule has 0 aliphatic rings. The molecule has 1 rings (SSSR count). The summed E-state index contributed by atoms with van der Waals surface area (Å²) >= 11 is 0. The van der Waals surface area contributed by atoms with E-state index < -0.39 is 5.97 Å². The van der Waals surface area contributed by atoms with Gasteiger partial charge in [-0.15, -0.1) is 0 Å². The van der Waals surface area contributed by atoms with Gasteiger partial charge in [-0.1, -0.05) is 6.92 Å². The monoisotopic (exact) mass is 283 g/mol. The third-order valence-corrected chi connectivity index (χ3v) is 2.15. The molecule has 1 aromatic heterocycles. The lowest BCUT2D eigenvalue weighted by atomic mass is 10.3. The van der Waals surface area contributed by atoms with Crippen molar-refractivity contribution in [3.63, 3.8) is 0 Å². The predicted molar refractivity (Wildman–Crippen MR) is 70.9 cm³/mol. The van der Waals surface area contributed by atoms with Gasteiger partial charge in [0, 0.05) is 32.4 Å². The molecule has 0 aromatic carbocycles. The van der Waals surface area contributed by atoms with Crippen LogP contribution in [0.25, 0.3) is 0 Å². The third-order valence-electron chi connectivity index (χ3n) is 2.15. The minimum Gasteiger partial charge on any atom is -0.439 e. The van der Waals surface area contributed by atoms with E-state index in [0.29, 0.717) is 0 Å². The molecule has 0 radical (unpaired) electrons. The molecule has 1 heterocycles. The van der Waals surface area contributed by atoms with Crippen molar-refractivity contribution in [2.24, 2.45) is 0 Å². The second-order valence-electron chi connectivity index (χ2n) is 4.13. The fraction of sp³-hybridized carbons (Fsp3) is 0.417. The molecule has 8 nitrogen and oxygen atoms in total. The Hall–Kier alpha value is -2.19. The molecule has 4 N–H and O–H groups in total. The van der Waals surface area contributed by atoms with E-state index in [9.17, 15) is 19.8 Å². The smallest absolute Gasteiger partial charge is 0.321 e. The summed E-state index contributed by atoms with van der Waals surface area (Å²) in [5.41, 5.74) is 0. The molecule has 0 saturated heterocycles. The van der Waals surface area contributed by atoms with E-state index in [1.54, 1.807) is 0 Å². The number of carbonyl (C=O) groups is 2. The van der Waals surface area contributed by atoms with Gasteiger partial charge in [0.2, 0.25) is 11.8 Å². The molecule has 0 atom stereocenters. The SMILES string of the molecule is CCC(O)(O)Oc1cc(NC(C)=O)nc(NC(C)=O)c1. The van der Waals surface area contributed by atoms with E-state index in [-0.39, 0.29) is 35.6 Å². The van der Waals surface area contributed by atoms with Crippen LogP contribution in [0.3, 0.4) is 0 Å². The van der Waals surface area contributed by atoms with Gasteiger partial charge in [0.25, 0.3) is 0 Å². The summed E-state index contributed by atoms with van der Waals surface area (Å²) in [6.45, 7) is 4.11. The maximum absolute atomic E-state index is 11.0. The molecular formula is C12H17N3O5. The number of hydrogen-bond acceptors (Lipinski definition) is 6. The van der Waals surface area contributed by atoms with E-state index in [1.807, 2.05) is 0 Å². The molecule has 0 saturated carbocycles. The number of rotatable bonds is 5. The Morgan fingerprint density at radius 1 is 1.20 bits per heavy atom. The Morgan fingerprint density at radius 2 is 1.65 bits per heavy atom. The topological polar surface area (TPSA) is 121 Å². The van der Waals surface area contributed by atoms with Crippen molar-refractivity contribution in [3.05, 3.63) is 12.1 Å². The molecule has 8 heteroatoms. The highest BCUT2D eigenvalue weighted by molar-refractivity contribution is 5.90. The first-order valence-corrected chi connectivity index (χ1v) is 5.93. The highest BCUT2D eigenvalue weighted by Crippen LogP contribution is 2.24. The average molecular weight is 283 g/mol. The van der Waals surface area contributed by atoms with Crippen molar-refractivity contribution >= 4 is 23.5 Å². The summed E-state index contributed by atoms with van der Waals surface area (Å²) in [6.07, 6.45) is -0.0692. The molecule has 110 valence electrons. The fourth-order valence-electron chi connectivity index (χ4n) is 1.31. The summed E-state index contributed by atoms with van der Waals surface area (Å²) in [7, 11) is 0. The standard InChI is InChI=1S/C12H17N3O5/c1-4-12(18,19)20-9-5-10(13-7(2)16)15-11(6-9)14-8(3)17/h5-6,18-19H,4H2,1-3H3,(H2,13,14,15,16,17). The van der Waals surface area contributed by atoms with Gasteiger partial charge in [-0.25, -0.2) is 4.98 Å². The van der Waals surface area contributed by atoms with E-state index in [0.717, 1.165) is 0 Å². The van der Waals surface area contributed by atoms with Crippen LogP contribution in [-0.2, 0) is 9.59 Å². The Kier molecular flexibility index (Phi) is 5.00. The van der Waals surface area contributed by atoms with E-state index >= 15 is 0 Å². The van der Waals surface area contributed by atoms with Crippen LogP contribution < -0.4 is 15.4 Å². The number of carbonyl (C=O) groups excluding carboxylic acids is 2.